The molecule has 2 aromatic carbocycles. The number of halogens is 1. The van der Waals surface area contributed by atoms with E-state index in [1.54, 1.807) is 23.1 Å². The smallest absolute Gasteiger partial charge is 0.261 e. The van der Waals surface area contributed by atoms with Gasteiger partial charge in [-0.1, -0.05) is 36.4 Å². The first kappa shape index (κ1) is 19.4. The van der Waals surface area contributed by atoms with Crippen molar-refractivity contribution < 1.29 is 13.6 Å². The number of piperidine rings is 1. The van der Waals surface area contributed by atoms with Gasteiger partial charge in [-0.15, -0.1) is 0 Å². The number of hydrogen-bond acceptors (Lipinski definition) is 3. The van der Waals surface area contributed by atoms with Crippen molar-refractivity contribution in [3.63, 3.8) is 0 Å². The second-order valence-corrected chi connectivity index (χ2v) is 7.48. The fourth-order valence-corrected chi connectivity index (χ4v) is 3.98. The summed E-state index contributed by atoms with van der Waals surface area (Å²) in [5.74, 6) is -0.486. The fourth-order valence-electron chi connectivity index (χ4n) is 3.98. The summed E-state index contributed by atoms with van der Waals surface area (Å²) in [6.07, 6.45) is 5.67. The van der Waals surface area contributed by atoms with Gasteiger partial charge in [0.05, 0.1) is 11.8 Å². The van der Waals surface area contributed by atoms with Crippen LogP contribution in [0.2, 0.25) is 0 Å². The predicted octanol–water partition coefficient (Wildman–Crippen LogP) is 4.77. The van der Waals surface area contributed by atoms with Crippen LogP contribution < -0.4 is 4.90 Å². The molecule has 0 atom stereocenters. The molecule has 4 nitrogen and oxygen atoms in total. The molecule has 1 saturated heterocycles. The van der Waals surface area contributed by atoms with Crippen LogP contribution in [0, 0.1) is 5.82 Å². The van der Waals surface area contributed by atoms with Gasteiger partial charge in [0.2, 0.25) is 0 Å². The number of hydrogen-bond donors (Lipinski definition) is 0. The molecule has 1 aromatic heterocycles. The SMILES string of the molecule is O=C(c1ccoc1)N(c1cccc(F)c1)C1CCN(CCc2ccccc2)CC1. The first-order chi connectivity index (χ1) is 14.2. The summed E-state index contributed by atoms with van der Waals surface area (Å²) in [4.78, 5) is 17.3. The highest BCUT2D eigenvalue weighted by Crippen LogP contribution is 2.27. The van der Waals surface area contributed by atoms with Crippen LogP contribution in [0.3, 0.4) is 0 Å². The average molecular weight is 392 g/mol. The van der Waals surface area contributed by atoms with Crippen molar-refractivity contribution in [3.8, 4) is 0 Å². The van der Waals surface area contributed by atoms with Crippen LogP contribution in [0.25, 0.3) is 0 Å². The molecule has 4 rings (SSSR count). The highest BCUT2D eigenvalue weighted by atomic mass is 19.1. The molecule has 0 N–H and O–H groups in total. The maximum atomic E-state index is 13.9. The van der Waals surface area contributed by atoms with Crippen molar-refractivity contribution in [2.75, 3.05) is 24.5 Å². The molecule has 0 radical (unpaired) electrons. The molecule has 5 heteroatoms. The zero-order chi connectivity index (χ0) is 20.1. The van der Waals surface area contributed by atoms with E-state index in [-0.39, 0.29) is 17.8 Å². The summed E-state index contributed by atoms with van der Waals surface area (Å²) in [6, 6.07) is 18.4. The topological polar surface area (TPSA) is 36.7 Å². The van der Waals surface area contributed by atoms with E-state index < -0.39 is 0 Å². The molecule has 0 bridgehead atoms. The lowest BCUT2D eigenvalue weighted by molar-refractivity contribution is 0.0959. The lowest BCUT2D eigenvalue weighted by Crippen LogP contribution is -2.48. The number of nitrogens with zero attached hydrogens (tertiary/aromatic N) is 2. The number of anilines is 1. The fraction of sp³-hybridized carbons (Fsp3) is 0.292. The summed E-state index contributed by atoms with van der Waals surface area (Å²) < 4.78 is 19.0. The van der Waals surface area contributed by atoms with Crippen LogP contribution in [0.1, 0.15) is 28.8 Å². The molecule has 0 saturated carbocycles. The third kappa shape index (κ3) is 4.74. The molecule has 3 aromatic rings. The Hall–Kier alpha value is -2.92. The normalized spacial score (nSPS) is 15.3. The minimum absolute atomic E-state index is 0.0344. The van der Waals surface area contributed by atoms with Gasteiger partial charge < -0.3 is 14.2 Å². The summed E-state index contributed by atoms with van der Waals surface area (Å²) >= 11 is 0. The van der Waals surface area contributed by atoms with Gasteiger partial charge in [0, 0.05) is 31.4 Å². The Balaban J connectivity index is 1.44. The van der Waals surface area contributed by atoms with Gasteiger partial charge in [-0.25, -0.2) is 4.39 Å². The van der Waals surface area contributed by atoms with Crippen molar-refractivity contribution in [2.45, 2.75) is 25.3 Å². The Labute approximate surface area is 170 Å². The molecule has 1 fully saturated rings. The van der Waals surface area contributed by atoms with E-state index >= 15 is 0 Å². The quantitative estimate of drug-likeness (QED) is 0.606. The van der Waals surface area contributed by atoms with Crippen molar-refractivity contribution in [1.82, 2.24) is 4.90 Å². The van der Waals surface area contributed by atoms with Crippen molar-refractivity contribution in [2.24, 2.45) is 0 Å². The molecule has 0 unspecified atom stereocenters. The molecule has 1 aliphatic rings. The van der Waals surface area contributed by atoms with Crippen LogP contribution in [0.5, 0.6) is 0 Å². The number of carbonyl (C=O) groups excluding carboxylic acids is 1. The Morgan fingerprint density at radius 2 is 1.86 bits per heavy atom. The zero-order valence-corrected chi connectivity index (χ0v) is 16.3. The summed E-state index contributed by atoms with van der Waals surface area (Å²) in [6.45, 7) is 2.84. The van der Waals surface area contributed by atoms with E-state index in [9.17, 15) is 9.18 Å². The van der Waals surface area contributed by atoms with E-state index in [4.69, 9.17) is 4.42 Å². The van der Waals surface area contributed by atoms with Crippen LogP contribution in [0.4, 0.5) is 10.1 Å². The zero-order valence-electron chi connectivity index (χ0n) is 16.3. The number of rotatable bonds is 6. The number of likely N-dealkylation sites (tertiary alicyclic amines) is 1. The van der Waals surface area contributed by atoms with Crippen LogP contribution in [-0.4, -0.2) is 36.5 Å². The monoisotopic (exact) mass is 392 g/mol. The van der Waals surface area contributed by atoms with E-state index in [2.05, 4.69) is 29.2 Å². The molecular formula is C24H25FN2O2. The van der Waals surface area contributed by atoms with Crippen molar-refractivity contribution in [1.29, 1.82) is 0 Å². The van der Waals surface area contributed by atoms with Gasteiger partial charge in [0.25, 0.3) is 5.91 Å². The predicted molar refractivity (Wildman–Crippen MR) is 112 cm³/mol. The number of benzene rings is 2. The molecule has 1 amide bonds. The minimum atomic E-state index is -0.340. The van der Waals surface area contributed by atoms with Gasteiger partial charge >= 0.3 is 0 Å². The Morgan fingerprint density at radius 3 is 2.55 bits per heavy atom. The maximum absolute atomic E-state index is 13.9. The van der Waals surface area contributed by atoms with Gasteiger partial charge in [-0.2, -0.15) is 0 Å². The minimum Gasteiger partial charge on any atom is -0.472 e. The standard InChI is InChI=1S/C24H25FN2O2/c25-21-7-4-8-23(17-21)27(24(28)20-12-16-29-18-20)22-10-14-26(15-11-22)13-9-19-5-2-1-3-6-19/h1-8,12,16-18,22H,9-11,13-15H2. The van der Waals surface area contributed by atoms with Gasteiger partial charge in [-0.3, -0.25) is 4.79 Å². The number of amides is 1. The van der Waals surface area contributed by atoms with Crippen LogP contribution in [-0.2, 0) is 6.42 Å². The lowest BCUT2D eigenvalue weighted by Gasteiger charge is -2.38. The lowest BCUT2D eigenvalue weighted by atomic mass is 10.0. The summed E-state index contributed by atoms with van der Waals surface area (Å²) in [7, 11) is 0. The summed E-state index contributed by atoms with van der Waals surface area (Å²) in [5.41, 5.74) is 2.42. The third-order valence-electron chi connectivity index (χ3n) is 5.56. The second kappa shape index (κ2) is 9.05. The number of carbonyl (C=O) groups is 1. The first-order valence-corrected chi connectivity index (χ1v) is 10.1. The van der Waals surface area contributed by atoms with Gasteiger partial charge in [-0.05, 0) is 49.1 Å². The van der Waals surface area contributed by atoms with E-state index in [1.807, 2.05) is 6.07 Å². The second-order valence-electron chi connectivity index (χ2n) is 7.48. The Kier molecular flexibility index (Phi) is 6.06. The molecule has 0 spiro atoms. The Bertz CT molecular complexity index is 919. The molecule has 2 heterocycles. The van der Waals surface area contributed by atoms with E-state index in [1.165, 1.54) is 30.2 Å². The van der Waals surface area contributed by atoms with E-state index in [0.717, 1.165) is 38.9 Å². The largest absolute Gasteiger partial charge is 0.472 e. The van der Waals surface area contributed by atoms with Gasteiger partial charge in [0.15, 0.2) is 0 Å². The molecule has 1 aliphatic heterocycles. The van der Waals surface area contributed by atoms with Crippen LogP contribution >= 0.6 is 0 Å². The number of furan rings is 1. The molecule has 29 heavy (non-hydrogen) atoms. The maximum Gasteiger partial charge on any atom is 0.261 e. The van der Waals surface area contributed by atoms with Crippen molar-refractivity contribution >= 4 is 11.6 Å². The molecule has 150 valence electrons. The van der Waals surface area contributed by atoms with Crippen LogP contribution in [0.15, 0.2) is 77.6 Å². The average Bonchev–Trinajstić information content (AvgIpc) is 3.29. The molecular weight excluding hydrogens is 367 g/mol. The van der Waals surface area contributed by atoms with Crippen molar-refractivity contribution in [3.05, 3.63) is 90.1 Å². The summed E-state index contributed by atoms with van der Waals surface area (Å²) in [5, 5.41) is 0. The molecule has 0 aliphatic carbocycles. The van der Waals surface area contributed by atoms with Gasteiger partial charge in [0.1, 0.15) is 12.1 Å². The third-order valence-corrected chi connectivity index (χ3v) is 5.56. The first-order valence-electron chi connectivity index (χ1n) is 10.1. The highest BCUT2D eigenvalue weighted by Gasteiger charge is 2.30. The highest BCUT2D eigenvalue weighted by molar-refractivity contribution is 6.06. The van der Waals surface area contributed by atoms with E-state index in [0.29, 0.717) is 11.3 Å². The Morgan fingerprint density at radius 1 is 1.07 bits per heavy atom.